The van der Waals surface area contributed by atoms with Crippen LogP contribution in [0.4, 0.5) is 13.2 Å². The molecular weight excluding hydrogens is 289 g/mol. The van der Waals surface area contributed by atoms with Crippen molar-refractivity contribution in [3.63, 3.8) is 0 Å². The second kappa shape index (κ2) is 5.51. The molecule has 0 saturated carbocycles. The number of hydrogen-bond donors (Lipinski definition) is 0. The van der Waals surface area contributed by atoms with Gasteiger partial charge in [0.25, 0.3) is 0 Å². The average Bonchev–Trinajstić information content (AvgIpc) is 2.41. The van der Waals surface area contributed by atoms with E-state index >= 15 is 0 Å². The number of benzene rings is 1. The maximum atomic E-state index is 12.5. The molecule has 0 spiro atoms. The summed E-state index contributed by atoms with van der Waals surface area (Å²) in [6, 6.07) is 8.36. The maximum absolute atomic E-state index is 12.5. The lowest BCUT2D eigenvalue weighted by atomic mass is 10.0. The van der Waals surface area contributed by atoms with E-state index in [1.54, 1.807) is 6.07 Å². The lowest BCUT2D eigenvalue weighted by molar-refractivity contribution is -0.137. The van der Waals surface area contributed by atoms with Crippen molar-refractivity contribution in [1.82, 2.24) is 4.98 Å². The molecule has 0 aliphatic carbocycles. The second-order valence-corrected chi connectivity index (χ2v) is 4.44. The summed E-state index contributed by atoms with van der Waals surface area (Å²) in [6.45, 7) is 0. The van der Waals surface area contributed by atoms with Crippen molar-refractivity contribution in [2.75, 3.05) is 0 Å². The van der Waals surface area contributed by atoms with Gasteiger partial charge in [-0.2, -0.15) is 18.4 Å². The number of halogens is 4. The third kappa shape index (κ3) is 3.09. The Bertz CT molecular complexity index is 658. The number of nitrogens with zero attached hydrogens (tertiary/aromatic N) is 2. The van der Waals surface area contributed by atoms with Gasteiger partial charge in [0.05, 0.1) is 18.1 Å². The summed E-state index contributed by atoms with van der Waals surface area (Å²) in [6.07, 6.45) is -2.80. The van der Waals surface area contributed by atoms with Crippen LogP contribution in [0.5, 0.6) is 0 Å². The number of pyridine rings is 1. The van der Waals surface area contributed by atoms with Crippen LogP contribution in [0.1, 0.15) is 11.1 Å². The SMILES string of the molecule is N#CCc1cc(-c2ccc(C(F)(F)F)cc2)cnc1Cl. The summed E-state index contributed by atoms with van der Waals surface area (Å²) in [5, 5.41) is 8.89. The topological polar surface area (TPSA) is 36.7 Å². The minimum Gasteiger partial charge on any atom is -0.244 e. The Labute approximate surface area is 118 Å². The highest BCUT2D eigenvalue weighted by Crippen LogP contribution is 2.31. The number of rotatable bonds is 2. The van der Waals surface area contributed by atoms with Crippen LogP contribution in [-0.4, -0.2) is 4.98 Å². The molecule has 1 heterocycles. The van der Waals surface area contributed by atoms with Gasteiger partial charge in [-0.3, -0.25) is 0 Å². The molecule has 0 amide bonds. The lowest BCUT2D eigenvalue weighted by Crippen LogP contribution is -2.04. The molecule has 0 radical (unpaired) electrons. The van der Waals surface area contributed by atoms with E-state index < -0.39 is 11.7 Å². The standard InChI is InChI=1S/C14H8ClF3N2/c15-13-10(5-6-19)7-11(8-20-13)9-1-3-12(4-2-9)14(16,17)18/h1-4,7-8H,5H2. The van der Waals surface area contributed by atoms with Crippen molar-refractivity contribution >= 4 is 11.6 Å². The second-order valence-electron chi connectivity index (χ2n) is 4.08. The van der Waals surface area contributed by atoms with Crippen LogP contribution < -0.4 is 0 Å². The van der Waals surface area contributed by atoms with E-state index in [0.717, 1.165) is 12.1 Å². The number of nitriles is 1. The molecule has 1 aromatic carbocycles. The minimum absolute atomic E-state index is 0.0975. The average molecular weight is 297 g/mol. The van der Waals surface area contributed by atoms with Gasteiger partial charge in [0.2, 0.25) is 0 Å². The monoisotopic (exact) mass is 296 g/mol. The molecule has 0 N–H and O–H groups in total. The summed E-state index contributed by atoms with van der Waals surface area (Å²) < 4.78 is 37.4. The van der Waals surface area contributed by atoms with Crippen molar-refractivity contribution in [2.45, 2.75) is 12.6 Å². The number of alkyl halides is 3. The summed E-state index contributed by atoms with van der Waals surface area (Å²) in [5.74, 6) is 0. The molecule has 2 aromatic rings. The molecule has 0 aliphatic rings. The van der Waals surface area contributed by atoms with Crippen LogP contribution in [0.25, 0.3) is 11.1 Å². The van der Waals surface area contributed by atoms with Crippen LogP contribution in [0.2, 0.25) is 5.15 Å². The Balaban J connectivity index is 2.37. The summed E-state index contributed by atoms with van der Waals surface area (Å²) >= 11 is 5.84. The fourth-order valence-corrected chi connectivity index (χ4v) is 1.88. The third-order valence-corrected chi connectivity index (χ3v) is 3.07. The van der Waals surface area contributed by atoms with Crippen molar-refractivity contribution in [3.8, 4) is 17.2 Å². The van der Waals surface area contributed by atoms with E-state index in [1.807, 2.05) is 6.07 Å². The molecule has 0 atom stereocenters. The van der Waals surface area contributed by atoms with Crippen LogP contribution >= 0.6 is 11.6 Å². The highest BCUT2D eigenvalue weighted by atomic mass is 35.5. The van der Waals surface area contributed by atoms with E-state index in [0.29, 0.717) is 16.7 Å². The van der Waals surface area contributed by atoms with E-state index in [2.05, 4.69) is 4.98 Å². The molecule has 2 rings (SSSR count). The zero-order chi connectivity index (χ0) is 14.8. The Morgan fingerprint density at radius 3 is 2.35 bits per heavy atom. The van der Waals surface area contributed by atoms with Crippen LogP contribution in [0, 0.1) is 11.3 Å². The normalized spacial score (nSPS) is 11.2. The van der Waals surface area contributed by atoms with E-state index in [4.69, 9.17) is 16.9 Å². The summed E-state index contributed by atoms with van der Waals surface area (Å²) in [5.41, 5.74) is 1.04. The fourth-order valence-electron chi connectivity index (χ4n) is 1.71. The number of hydrogen-bond acceptors (Lipinski definition) is 2. The zero-order valence-corrected chi connectivity index (χ0v) is 10.8. The first-order chi connectivity index (χ1) is 9.41. The summed E-state index contributed by atoms with van der Waals surface area (Å²) in [4.78, 5) is 3.94. The largest absolute Gasteiger partial charge is 0.416 e. The van der Waals surface area contributed by atoms with Gasteiger partial charge in [0.15, 0.2) is 0 Å². The van der Waals surface area contributed by atoms with Gasteiger partial charge in [-0.1, -0.05) is 23.7 Å². The molecule has 102 valence electrons. The molecular formula is C14H8ClF3N2. The van der Waals surface area contributed by atoms with Crippen molar-refractivity contribution in [2.24, 2.45) is 0 Å². The predicted octanol–water partition coefficient (Wildman–Crippen LogP) is 4.49. The molecule has 0 saturated heterocycles. The zero-order valence-electron chi connectivity index (χ0n) is 10.1. The fraction of sp³-hybridized carbons (Fsp3) is 0.143. The van der Waals surface area contributed by atoms with Crippen molar-refractivity contribution < 1.29 is 13.2 Å². The Morgan fingerprint density at radius 1 is 1.15 bits per heavy atom. The van der Waals surface area contributed by atoms with Crippen LogP contribution in [0.15, 0.2) is 36.5 Å². The highest BCUT2D eigenvalue weighted by Gasteiger charge is 2.29. The molecule has 2 nitrogen and oxygen atoms in total. The molecule has 0 unspecified atom stereocenters. The first kappa shape index (κ1) is 14.4. The Morgan fingerprint density at radius 2 is 1.80 bits per heavy atom. The molecule has 0 aliphatic heterocycles. The van der Waals surface area contributed by atoms with Crippen molar-refractivity contribution in [3.05, 3.63) is 52.8 Å². The van der Waals surface area contributed by atoms with Gasteiger partial charge in [0, 0.05) is 17.3 Å². The van der Waals surface area contributed by atoms with Gasteiger partial charge in [-0.05, 0) is 23.8 Å². The predicted molar refractivity (Wildman–Crippen MR) is 69.0 cm³/mol. The molecule has 6 heteroatoms. The van der Waals surface area contributed by atoms with Crippen LogP contribution in [0.3, 0.4) is 0 Å². The van der Waals surface area contributed by atoms with E-state index in [1.165, 1.54) is 18.3 Å². The smallest absolute Gasteiger partial charge is 0.244 e. The van der Waals surface area contributed by atoms with Crippen LogP contribution in [-0.2, 0) is 12.6 Å². The molecule has 20 heavy (non-hydrogen) atoms. The van der Waals surface area contributed by atoms with Gasteiger partial charge in [0.1, 0.15) is 5.15 Å². The number of aromatic nitrogens is 1. The minimum atomic E-state index is -4.36. The van der Waals surface area contributed by atoms with Gasteiger partial charge in [-0.25, -0.2) is 4.98 Å². The maximum Gasteiger partial charge on any atom is 0.416 e. The molecule has 0 fully saturated rings. The molecule has 0 bridgehead atoms. The Hall–Kier alpha value is -2.06. The van der Waals surface area contributed by atoms with Gasteiger partial charge in [-0.15, -0.1) is 0 Å². The summed E-state index contributed by atoms with van der Waals surface area (Å²) in [7, 11) is 0. The first-order valence-electron chi connectivity index (χ1n) is 5.61. The van der Waals surface area contributed by atoms with Gasteiger partial charge >= 0.3 is 6.18 Å². The molecule has 1 aromatic heterocycles. The highest BCUT2D eigenvalue weighted by molar-refractivity contribution is 6.30. The first-order valence-corrected chi connectivity index (χ1v) is 5.98. The lowest BCUT2D eigenvalue weighted by Gasteiger charge is -2.08. The quantitative estimate of drug-likeness (QED) is 0.766. The van der Waals surface area contributed by atoms with E-state index in [-0.39, 0.29) is 11.6 Å². The van der Waals surface area contributed by atoms with Gasteiger partial charge < -0.3 is 0 Å². The van der Waals surface area contributed by atoms with E-state index in [9.17, 15) is 13.2 Å². The Kier molecular flexibility index (Phi) is 3.96. The van der Waals surface area contributed by atoms with Crippen molar-refractivity contribution in [1.29, 1.82) is 5.26 Å². The third-order valence-electron chi connectivity index (χ3n) is 2.73.